The molecule has 3 nitrogen and oxygen atoms in total. The maximum atomic E-state index is 9.99. The number of aliphatic hydroxyl groups excluding tert-OH is 1. The number of ether oxygens (including phenoxy) is 1. The highest BCUT2D eigenvalue weighted by molar-refractivity contribution is 5.17. The van der Waals surface area contributed by atoms with E-state index in [0.717, 1.165) is 38.8 Å². The predicted molar refractivity (Wildman–Crippen MR) is 115 cm³/mol. The van der Waals surface area contributed by atoms with E-state index in [2.05, 4.69) is 65.6 Å². The fourth-order valence-corrected chi connectivity index (χ4v) is 3.95. The fraction of sp³-hybridized carbons (Fsp3) is 0.520. The highest BCUT2D eigenvalue weighted by Crippen LogP contribution is 2.28. The van der Waals surface area contributed by atoms with Gasteiger partial charge in [-0.1, -0.05) is 74.5 Å². The number of aliphatic hydroxyl groups is 1. The van der Waals surface area contributed by atoms with Crippen LogP contribution in [0.1, 0.15) is 50.7 Å². The summed E-state index contributed by atoms with van der Waals surface area (Å²) < 4.78 is 6.00. The van der Waals surface area contributed by atoms with E-state index in [-0.39, 0.29) is 12.0 Å². The van der Waals surface area contributed by atoms with Gasteiger partial charge in [-0.2, -0.15) is 0 Å². The van der Waals surface area contributed by atoms with Crippen molar-refractivity contribution in [3.63, 3.8) is 0 Å². The summed E-state index contributed by atoms with van der Waals surface area (Å²) in [4.78, 5) is 2.63. The summed E-state index contributed by atoms with van der Waals surface area (Å²) in [5.41, 5.74) is 2.74. The van der Waals surface area contributed by atoms with Gasteiger partial charge in [0, 0.05) is 19.1 Å². The minimum Gasteiger partial charge on any atom is -0.390 e. The van der Waals surface area contributed by atoms with Crippen LogP contribution in [0.5, 0.6) is 0 Å². The summed E-state index contributed by atoms with van der Waals surface area (Å²) >= 11 is 0. The second-order valence-electron chi connectivity index (χ2n) is 8.45. The average Bonchev–Trinajstić information content (AvgIpc) is 2.73. The van der Waals surface area contributed by atoms with Gasteiger partial charge in [0.15, 0.2) is 0 Å². The molecule has 28 heavy (non-hydrogen) atoms. The summed E-state index contributed by atoms with van der Waals surface area (Å²) in [5.74, 6) is 0.253. The van der Waals surface area contributed by atoms with Gasteiger partial charge in [0.1, 0.15) is 0 Å². The molecular weight excluding hydrogens is 346 g/mol. The van der Waals surface area contributed by atoms with Crippen molar-refractivity contribution < 1.29 is 9.84 Å². The van der Waals surface area contributed by atoms with E-state index >= 15 is 0 Å². The zero-order valence-corrected chi connectivity index (χ0v) is 17.3. The Morgan fingerprint density at radius 1 is 0.857 bits per heavy atom. The topological polar surface area (TPSA) is 32.7 Å². The zero-order chi connectivity index (χ0) is 19.8. The Balaban J connectivity index is 1.58. The minimum absolute atomic E-state index is 0.253. The van der Waals surface area contributed by atoms with Crippen molar-refractivity contribution >= 4 is 0 Å². The van der Waals surface area contributed by atoms with Crippen LogP contribution in [0.25, 0.3) is 0 Å². The molecule has 152 valence electrons. The first-order valence-corrected chi connectivity index (χ1v) is 10.7. The second-order valence-corrected chi connectivity index (χ2v) is 8.45. The van der Waals surface area contributed by atoms with Crippen LogP contribution >= 0.6 is 0 Å². The number of hydrogen-bond acceptors (Lipinski definition) is 3. The quantitative estimate of drug-likeness (QED) is 0.661. The van der Waals surface area contributed by atoms with Crippen molar-refractivity contribution in [1.82, 2.24) is 4.90 Å². The monoisotopic (exact) mass is 381 g/mol. The maximum Gasteiger partial charge on any atom is 0.0796 e. The number of rotatable bonds is 9. The summed E-state index contributed by atoms with van der Waals surface area (Å²) in [5, 5.41) is 9.99. The van der Waals surface area contributed by atoms with Crippen molar-refractivity contribution in [3.8, 4) is 0 Å². The fourth-order valence-electron chi connectivity index (χ4n) is 3.95. The van der Waals surface area contributed by atoms with Gasteiger partial charge in [-0.15, -0.1) is 0 Å². The molecule has 1 aliphatic rings. The van der Waals surface area contributed by atoms with Crippen LogP contribution < -0.4 is 0 Å². The smallest absolute Gasteiger partial charge is 0.0796 e. The van der Waals surface area contributed by atoms with Gasteiger partial charge in [-0.25, -0.2) is 0 Å². The van der Waals surface area contributed by atoms with Gasteiger partial charge in [0.05, 0.1) is 18.8 Å². The molecule has 1 unspecified atom stereocenters. The molecule has 0 radical (unpaired) electrons. The van der Waals surface area contributed by atoms with E-state index in [1.807, 2.05) is 13.8 Å². The average molecular weight is 382 g/mol. The van der Waals surface area contributed by atoms with E-state index in [4.69, 9.17) is 4.74 Å². The van der Waals surface area contributed by atoms with E-state index < -0.39 is 0 Å². The molecule has 2 aromatic carbocycles. The lowest BCUT2D eigenvalue weighted by Gasteiger charge is -2.37. The Labute approximate surface area is 170 Å². The lowest BCUT2D eigenvalue weighted by atomic mass is 9.91. The summed E-state index contributed by atoms with van der Waals surface area (Å²) in [6.07, 6.45) is 4.40. The molecule has 1 saturated carbocycles. The molecule has 0 aliphatic heterocycles. The first-order valence-electron chi connectivity index (χ1n) is 10.7. The van der Waals surface area contributed by atoms with E-state index in [1.165, 1.54) is 11.1 Å². The second kappa shape index (κ2) is 10.8. The van der Waals surface area contributed by atoms with Gasteiger partial charge in [-0.3, -0.25) is 4.90 Å². The highest BCUT2D eigenvalue weighted by atomic mass is 16.5. The standard InChI is InChI=1S/C25H35NO2/c1-20(2)25(27)19-28-24-15-13-23(14-16-24)26(17-21-9-5-3-6-10-21)18-22-11-7-4-8-12-22/h3-12,20,23-25,27H,13-19H2,1-2H3/t23-,24-,25?. The van der Waals surface area contributed by atoms with Gasteiger partial charge >= 0.3 is 0 Å². The van der Waals surface area contributed by atoms with Crippen molar-refractivity contribution in [1.29, 1.82) is 0 Å². The van der Waals surface area contributed by atoms with Crippen LogP contribution in [0.4, 0.5) is 0 Å². The molecule has 1 fully saturated rings. The zero-order valence-electron chi connectivity index (χ0n) is 17.3. The Morgan fingerprint density at radius 2 is 1.36 bits per heavy atom. The molecule has 0 aromatic heterocycles. The first kappa shape index (κ1) is 21.0. The molecule has 0 heterocycles. The van der Waals surface area contributed by atoms with Crippen molar-refractivity contribution in [2.45, 2.75) is 70.9 Å². The van der Waals surface area contributed by atoms with E-state index in [9.17, 15) is 5.11 Å². The molecule has 0 saturated heterocycles. The lowest BCUT2D eigenvalue weighted by molar-refractivity contribution is -0.0470. The lowest BCUT2D eigenvalue weighted by Crippen LogP contribution is -2.39. The molecule has 1 aliphatic carbocycles. The molecule has 1 atom stereocenters. The van der Waals surface area contributed by atoms with Crippen LogP contribution in [0.2, 0.25) is 0 Å². The maximum absolute atomic E-state index is 9.99. The predicted octanol–water partition coefficient (Wildman–Crippen LogP) is 5.03. The van der Waals surface area contributed by atoms with E-state index in [0.29, 0.717) is 18.8 Å². The third-order valence-corrected chi connectivity index (χ3v) is 5.89. The van der Waals surface area contributed by atoms with Crippen molar-refractivity contribution in [3.05, 3.63) is 71.8 Å². The highest BCUT2D eigenvalue weighted by Gasteiger charge is 2.27. The normalized spacial score (nSPS) is 21.2. The Morgan fingerprint density at radius 3 is 1.82 bits per heavy atom. The molecule has 0 spiro atoms. The van der Waals surface area contributed by atoms with Gasteiger partial charge < -0.3 is 9.84 Å². The summed E-state index contributed by atoms with van der Waals surface area (Å²) in [6, 6.07) is 22.1. The third-order valence-electron chi connectivity index (χ3n) is 5.89. The summed E-state index contributed by atoms with van der Waals surface area (Å²) in [6.45, 7) is 6.51. The Kier molecular flexibility index (Phi) is 8.08. The first-order chi connectivity index (χ1) is 13.6. The molecule has 0 amide bonds. The van der Waals surface area contributed by atoms with Crippen molar-refractivity contribution in [2.75, 3.05) is 6.61 Å². The molecular formula is C25H35NO2. The Bertz CT molecular complexity index is 624. The molecule has 3 heteroatoms. The largest absolute Gasteiger partial charge is 0.390 e. The molecule has 0 bridgehead atoms. The number of nitrogens with zero attached hydrogens (tertiary/aromatic N) is 1. The number of benzene rings is 2. The number of hydrogen-bond donors (Lipinski definition) is 1. The minimum atomic E-state index is -0.356. The molecule has 2 aromatic rings. The van der Waals surface area contributed by atoms with E-state index in [1.54, 1.807) is 0 Å². The van der Waals surface area contributed by atoms with Crippen LogP contribution in [0.3, 0.4) is 0 Å². The van der Waals surface area contributed by atoms with Gasteiger partial charge in [0.25, 0.3) is 0 Å². The summed E-state index contributed by atoms with van der Waals surface area (Å²) in [7, 11) is 0. The van der Waals surface area contributed by atoms with Crippen LogP contribution in [-0.4, -0.2) is 34.9 Å². The van der Waals surface area contributed by atoms with Gasteiger partial charge in [-0.05, 0) is 42.7 Å². The SMILES string of the molecule is CC(C)C(O)CO[C@H]1CC[C@H](N(Cc2ccccc2)Cc2ccccc2)CC1. The third kappa shape index (κ3) is 6.44. The Hall–Kier alpha value is -1.68. The van der Waals surface area contributed by atoms with Gasteiger partial charge in [0.2, 0.25) is 0 Å². The van der Waals surface area contributed by atoms with Crippen LogP contribution in [-0.2, 0) is 17.8 Å². The molecule has 3 rings (SSSR count). The molecule has 1 N–H and O–H groups in total. The van der Waals surface area contributed by atoms with Crippen LogP contribution in [0.15, 0.2) is 60.7 Å². The van der Waals surface area contributed by atoms with Crippen LogP contribution in [0, 0.1) is 5.92 Å². The van der Waals surface area contributed by atoms with Crippen molar-refractivity contribution in [2.24, 2.45) is 5.92 Å².